The predicted molar refractivity (Wildman–Crippen MR) is 136 cm³/mol. The van der Waals surface area contributed by atoms with Crippen molar-refractivity contribution in [3.05, 3.63) is 12.7 Å². The lowest BCUT2D eigenvalue weighted by Crippen LogP contribution is -2.66. The molecule has 0 bridgehead atoms. The Morgan fingerprint density at radius 3 is 2.27 bits per heavy atom. The second kappa shape index (κ2) is 7.36. The van der Waals surface area contributed by atoms with Crippen LogP contribution in [0.15, 0.2) is 12.7 Å². The molecule has 33 heavy (non-hydrogen) atoms. The fourth-order valence-electron chi connectivity index (χ4n) is 12.0. The first-order valence-electron chi connectivity index (χ1n) is 14.3. The van der Waals surface area contributed by atoms with E-state index in [2.05, 4.69) is 54.2 Å². The summed E-state index contributed by atoms with van der Waals surface area (Å²) in [5, 5.41) is 10.6. The number of carboxylic acids is 1. The van der Waals surface area contributed by atoms with Crippen molar-refractivity contribution in [1.29, 1.82) is 0 Å². The van der Waals surface area contributed by atoms with Crippen LogP contribution in [0.25, 0.3) is 0 Å². The SMILES string of the molecule is C=C[C@@]12CC[C@@]3(C(=O)O)CC[C@@H](C(C)C)[C@H]3C1CCC1[C@@]3(C)CCCC(C)(C)C3CC[C@]12C. The van der Waals surface area contributed by atoms with E-state index in [4.69, 9.17) is 0 Å². The minimum atomic E-state index is -0.495. The molecule has 9 atom stereocenters. The molecule has 5 aliphatic rings. The third-order valence-corrected chi connectivity index (χ3v) is 13.4. The molecule has 0 heterocycles. The lowest BCUT2D eigenvalue weighted by atomic mass is 9.32. The topological polar surface area (TPSA) is 37.3 Å². The van der Waals surface area contributed by atoms with Crippen LogP contribution in [0.3, 0.4) is 0 Å². The maximum atomic E-state index is 12.8. The highest BCUT2D eigenvalue weighted by Crippen LogP contribution is 2.78. The predicted octanol–water partition coefficient (Wildman–Crippen LogP) is 8.36. The van der Waals surface area contributed by atoms with Crippen molar-refractivity contribution >= 4 is 5.97 Å². The lowest BCUT2D eigenvalue weighted by Gasteiger charge is -2.72. The average Bonchev–Trinajstić information content (AvgIpc) is 3.14. The highest BCUT2D eigenvalue weighted by Gasteiger charge is 2.72. The number of rotatable bonds is 3. The molecule has 0 radical (unpaired) electrons. The van der Waals surface area contributed by atoms with E-state index in [1.807, 2.05) is 0 Å². The first-order valence-corrected chi connectivity index (χ1v) is 14.3. The maximum absolute atomic E-state index is 12.8. The molecule has 0 spiro atoms. The Bertz CT molecular complexity index is 827. The van der Waals surface area contributed by atoms with Crippen LogP contribution in [0.5, 0.6) is 0 Å². The zero-order chi connectivity index (χ0) is 24.0. The van der Waals surface area contributed by atoms with Crippen molar-refractivity contribution in [1.82, 2.24) is 0 Å². The van der Waals surface area contributed by atoms with Crippen LogP contribution in [0.4, 0.5) is 0 Å². The van der Waals surface area contributed by atoms with Gasteiger partial charge in [-0.3, -0.25) is 4.79 Å². The molecule has 0 aromatic heterocycles. The largest absolute Gasteiger partial charge is 0.481 e. The highest BCUT2D eigenvalue weighted by atomic mass is 16.4. The summed E-state index contributed by atoms with van der Waals surface area (Å²) in [7, 11) is 0. The molecule has 0 amide bonds. The van der Waals surface area contributed by atoms with Gasteiger partial charge in [0, 0.05) is 0 Å². The van der Waals surface area contributed by atoms with Crippen molar-refractivity contribution in [3.8, 4) is 0 Å². The van der Waals surface area contributed by atoms with Crippen LogP contribution in [-0.2, 0) is 4.79 Å². The molecule has 0 aliphatic heterocycles. The average molecular weight is 455 g/mol. The van der Waals surface area contributed by atoms with Crippen LogP contribution < -0.4 is 0 Å². The maximum Gasteiger partial charge on any atom is 0.309 e. The number of hydrogen-bond acceptors (Lipinski definition) is 1. The summed E-state index contributed by atoms with van der Waals surface area (Å²) >= 11 is 0. The van der Waals surface area contributed by atoms with Gasteiger partial charge in [0.15, 0.2) is 0 Å². The Labute approximate surface area is 203 Å². The van der Waals surface area contributed by atoms with Crippen molar-refractivity contribution in [3.63, 3.8) is 0 Å². The van der Waals surface area contributed by atoms with Gasteiger partial charge in [-0.05, 0) is 121 Å². The van der Waals surface area contributed by atoms with Gasteiger partial charge in [-0.1, -0.05) is 54.0 Å². The van der Waals surface area contributed by atoms with Crippen molar-refractivity contribution in [2.75, 3.05) is 0 Å². The van der Waals surface area contributed by atoms with E-state index < -0.39 is 11.4 Å². The van der Waals surface area contributed by atoms with Gasteiger partial charge in [-0.25, -0.2) is 0 Å². The molecule has 0 aromatic carbocycles. The molecule has 1 N–H and O–H groups in total. The number of hydrogen-bond donors (Lipinski definition) is 1. The third-order valence-electron chi connectivity index (χ3n) is 13.4. The molecule has 5 aliphatic carbocycles. The van der Waals surface area contributed by atoms with Gasteiger partial charge in [0.05, 0.1) is 5.41 Å². The van der Waals surface area contributed by atoms with E-state index in [9.17, 15) is 9.90 Å². The molecule has 0 aromatic rings. The van der Waals surface area contributed by atoms with E-state index in [1.54, 1.807) is 0 Å². The molecule has 0 saturated heterocycles. The molecular weight excluding hydrogens is 404 g/mol. The second-order valence-corrected chi connectivity index (χ2v) is 14.8. The van der Waals surface area contributed by atoms with Gasteiger partial charge in [0.1, 0.15) is 0 Å². The van der Waals surface area contributed by atoms with Crippen LogP contribution in [0.1, 0.15) is 112 Å². The molecule has 5 fully saturated rings. The fourth-order valence-corrected chi connectivity index (χ4v) is 12.0. The molecule has 186 valence electrons. The van der Waals surface area contributed by atoms with Gasteiger partial charge >= 0.3 is 5.97 Å². The first kappa shape index (κ1) is 23.9. The smallest absolute Gasteiger partial charge is 0.309 e. The van der Waals surface area contributed by atoms with Crippen LogP contribution in [-0.4, -0.2) is 11.1 Å². The zero-order valence-corrected chi connectivity index (χ0v) is 22.4. The van der Waals surface area contributed by atoms with E-state index in [0.29, 0.717) is 34.5 Å². The standard InChI is InChI=1S/C31H50O2/c1-8-31-19-18-30(26(32)33)17-12-21(20(2)3)25(30)22(31)10-11-24-28(6)15-9-14-27(4,5)23(28)13-16-29(24,31)7/h8,20-25H,1,9-19H2,2-7H3,(H,32,33)/t21-,22?,23?,24?,25-,28-,29+,30-,31+/m0/s1. The first-order chi connectivity index (χ1) is 15.4. The summed E-state index contributed by atoms with van der Waals surface area (Å²) in [6.07, 6.45) is 15.6. The highest BCUT2D eigenvalue weighted by molar-refractivity contribution is 5.76. The number of carbonyl (C=O) groups is 1. The van der Waals surface area contributed by atoms with E-state index in [1.165, 1.54) is 44.9 Å². The third kappa shape index (κ3) is 2.82. The Hall–Kier alpha value is -0.790. The summed E-state index contributed by atoms with van der Waals surface area (Å²) in [4.78, 5) is 12.8. The zero-order valence-electron chi connectivity index (χ0n) is 22.4. The summed E-state index contributed by atoms with van der Waals surface area (Å²) in [6.45, 7) is 19.6. The van der Waals surface area contributed by atoms with E-state index >= 15 is 0 Å². The van der Waals surface area contributed by atoms with Gasteiger partial charge in [-0.2, -0.15) is 0 Å². The van der Waals surface area contributed by atoms with Crippen molar-refractivity contribution in [2.24, 2.45) is 62.6 Å². The van der Waals surface area contributed by atoms with Crippen LogP contribution in [0.2, 0.25) is 0 Å². The van der Waals surface area contributed by atoms with Gasteiger partial charge in [0.25, 0.3) is 0 Å². The quantitative estimate of drug-likeness (QED) is 0.435. The van der Waals surface area contributed by atoms with Crippen molar-refractivity contribution < 1.29 is 9.90 Å². The number of fused-ring (bicyclic) bond motifs is 7. The molecule has 3 unspecified atom stereocenters. The van der Waals surface area contributed by atoms with E-state index in [-0.39, 0.29) is 10.8 Å². The number of carboxylic acid groups (broad SMARTS) is 1. The summed E-state index contributed by atoms with van der Waals surface area (Å²) < 4.78 is 0. The van der Waals surface area contributed by atoms with E-state index in [0.717, 1.165) is 37.5 Å². The summed E-state index contributed by atoms with van der Waals surface area (Å²) in [5.74, 6) is 3.01. The van der Waals surface area contributed by atoms with Crippen LogP contribution >= 0.6 is 0 Å². The van der Waals surface area contributed by atoms with Gasteiger partial charge in [-0.15, -0.1) is 6.58 Å². The minimum absolute atomic E-state index is 0.104. The normalized spacial score (nSPS) is 52.9. The summed E-state index contributed by atoms with van der Waals surface area (Å²) in [5.41, 5.74) is 0.747. The molecule has 2 nitrogen and oxygen atoms in total. The molecule has 5 saturated carbocycles. The number of aliphatic carboxylic acids is 1. The van der Waals surface area contributed by atoms with Crippen molar-refractivity contribution in [2.45, 2.75) is 112 Å². The van der Waals surface area contributed by atoms with Gasteiger partial charge < -0.3 is 5.11 Å². The van der Waals surface area contributed by atoms with Crippen LogP contribution in [0, 0.1) is 62.6 Å². The minimum Gasteiger partial charge on any atom is -0.481 e. The Morgan fingerprint density at radius 2 is 1.64 bits per heavy atom. The monoisotopic (exact) mass is 454 g/mol. The Kier molecular flexibility index (Phi) is 5.34. The summed E-state index contributed by atoms with van der Waals surface area (Å²) in [6, 6.07) is 0. The molecular formula is C31H50O2. The Morgan fingerprint density at radius 1 is 0.909 bits per heavy atom. The molecule has 2 heteroatoms. The fraction of sp³-hybridized carbons (Fsp3) is 0.903. The van der Waals surface area contributed by atoms with Gasteiger partial charge in [0.2, 0.25) is 0 Å². The molecule has 5 rings (SSSR count). The lowest BCUT2D eigenvalue weighted by molar-refractivity contribution is -0.229. The Balaban J connectivity index is 1.60. The number of allylic oxidation sites excluding steroid dienone is 1. The second-order valence-electron chi connectivity index (χ2n) is 14.8.